The quantitative estimate of drug-likeness (QED) is 0.441. The molecule has 17 heavy (non-hydrogen) atoms. The van der Waals surface area contributed by atoms with Crippen LogP contribution in [-0.2, 0) is 9.53 Å². The van der Waals surface area contributed by atoms with Crippen LogP contribution in [0.5, 0.6) is 0 Å². The van der Waals surface area contributed by atoms with Gasteiger partial charge >= 0.3 is 0 Å². The Bertz CT molecular complexity index is 291. The average molecular weight is 238 g/mol. The lowest BCUT2D eigenvalue weighted by atomic mass is 9.55. The Morgan fingerprint density at radius 2 is 1.71 bits per heavy atom. The van der Waals surface area contributed by atoms with Gasteiger partial charge in [-0.25, -0.2) is 5.84 Å². The van der Waals surface area contributed by atoms with Gasteiger partial charge in [-0.05, 0) is 62.7 Å². The predicted molar refractivity (Wildman–Crippen MR) is 63.7 cm³/mol. The lowest BCUT2D eigenvalue weighted by Gasteiger charge is -2.54. The predicted octanol–water partition coefficient (Wildman–Crippen LogP) is 1.21. The summed E-state index contributed by atoms with van der Waals surface area (Å²) in [7, 11) is 0. The van der Waals surface area contributed by atoms with Gasteiger partial charge in [0.1, 0.15) is 6.10 Å². The molecule has 3 N–H and O–H groups in total. The number of hydrogen-bond donors (Lipinski definition) is 2. The van der Waals surface area contributed by atoms with E-state index in [1.165, 1.54) is 32.1 Å². The number of hydrogen-bond acceptors (Lipinski definition) is 3. The fourth-order valence-electron chi connectivity index (χ4n) is 4.51. The summed E-state index contributed by atoms with van der Waals surface area (Å²) in [5.41, 5.74) is 2.17. The van der Waals surface area contributed by atoms with Crippen LogP contribution in [0.1, 0.15) is 39.0 Å². The van der Waals surface area contributed by atoms with Gasteiger partial charge in [0.05, 0.1) is 6.10 Å². The van der Waals surface area contributed by atoms with E-state index in [9.17, 15) is 4.79 Å². The van der Waals surface area contributed by atoms with Crippen LogP contribution in [0.15, 0.2) is 0 Å². The zero-order valence-corrected chi connectivity index (χ0v) is 10.4. The molecule has 0 aromatic heterocycles. The summed E-state index contributed by atoms with van der Waals surface area (Å²) in [5, 5.41) is 0. The van der Waals surface area contributed by atoms with Crippen LogP contribution < -0.4 is 11.3 Å². The first-order valence-corrected chi connectivity index (χ1v) is 6.83. The number of amides is 1. The number of nitrogens with one attached hydrogen (secondary N) is 1. The summed E-state index contributed by atoms with van der Waals surface area (Å²) in [6.45, 7) is 1.80. The number of carbonyl (C=O) groups is 1. The van der Waals surface area contributed by atoms with E-state index in [-0.39, 0.29) is 5.91 Å². The number of nitrogens with two attached hydrogens (primary N) is 1. The Morgan fingerprint density at radius 3 is 2.18 bits per heavy atom. The minimum atomic E-state index is -0.414. The van der Waals surface area contributed by atoms with Crippen LogP contribution in [0.4, 0.5) is 0 Å². The van der Waals surface area contributed by atoms with E-state index < -0.39 is 6.10 Å². The molecular weight excluding hydrogens is 216 g/mol. The van der Waals surface area contributed by atoms with Crippen molar-refractivity contribution >= 4 is 5.91 Å². The molecule has 0 aromatic rings. The number of hydrazine groups is 1. The summed E-state index contributed by atoms with van der Waals surface area (Å²) in [6, 6.07) is 0. The van der Waals surface area contributed by atoms with E-state index >= 15 is 0 Å². The molecule has 4 aliphatic carbocycles. The highest BCUT2D eigenvalue weighted by Crippen LogP contribution is 2.54. The van der Waals surface area contributed by atoms with E-state index in [0.717, 1.165) is 11.8 Å². The molecule has 1 amide bonds. The molecule has 4 heteroatoms. The van der Waals surface area contributed by atoms with Crippen LogP contribution in [0.2, 0.25) is 0 Å². The normalized spacial score (nSPS) is 44.7. The first-order valence-electron chi connectivity index (χ1n) is 6.83. The van der Waals surface area contributed by atoms with Crippen molar-refractivity contribution in [3.05, 3.63) is 0 Å². The first-order chi connectivity index (χ1) is 8.17. The third-order valence-electron chi connectivity index (χ3n) is 5.01. The Hall–Kier alpha value is -0.610. The molecule has 0 radical (unpaired) electrons. The Labute approximate surface area is 102 Å². The molecule has 0 heterocycles. The average Bonchev–Trinajstić information content (AvgIpc) is 2.31. The van der Waals surface area contributed by atoms with Gasteiger partial charge in [0.25, 0.3) is 5.91 Å². The molecule has 1 unspecified atom stereocenters. The van der Waals surface area contributed by atoms with Gasteiger partial charge < -0.3 is 4.74 Å². The summed E-state index contributed by atoms with van der Waals surface area (Å²) >= 11 is 0. The summed E-state index contributed by atoms with van der Waals surface area (Å²) in [6.07, 6.45) is 6.59. The maximum atomic E-state index is 11.4. The minimum absolute atomic E-state index is 0.209. The van der Waals surface area contributed by atoms with Crippen molar-refractivity contribution in [1.29, 1.82) is 0 Å². The summed E-state index contributed by atoms with van der Waals surface area (Å²) < 4.78 is 5.99. The van der Waals surface area contributed by atoms with Crippen molar-refractivity contribution in [3.8, 4) is 0 Å². The standard InChI is InChI=1S/C13H22N2O2/c1-7(13(16)15-14)17-12-10-3-8-2-9(5-10)6-11(12)4-8/h7-12H,2-6,14H2,1H3,(H,15,16). The molecule has 0 saturated heterocycles. The Kier molecular flexibility index (Phi) is 2.87. The third kappa shape index (κ3) is 1.97. The Morgan fingerprint density at radius 1 is 1.18 bits per heavy atom. The van der Waals surface area contributed by atoms with Crippen LogP contribution in [0, 0.1) is 23.7 Å². The fraction of sp³-hybridized carbons (Fsp3) is 0.923. The third-order valence-corrected chi connectivity index (χ3v) is 5.01. The zero-order chi connectivity index (χ0) is 12.0. The van der Waals surface area contributed by atoms with Crippen LogP contribution >= 0.6 is 0 Å². The van der Waals surface area contributed by atoms with Crippen molar-refractivity contribution in [2.24, 2.45) is 29.5 Å². The van der Waals surface area contributed by atoms with Gasteiger partial charge in [-0.2, -0.15) is 0 Å². The molecule has 4 nitrogen and oxygen atoms in total. The molecule has 4 aliphatic rings. The highest BCUT2D eigenvalue weighted by Gasteiger charge is 2.49. The second kappa shape index (κ2) is 4.25. The maximum Gasteiger partial charge on any atom is 0.262 e. The second-order valence-electron chi connectivity index (χ2n) is 6.18. The lowest BCUT2D eigenvalue weighted by Crippen LogP contribution is -2.52. The molecule has 0 aromatic carbocycles. The summed E-state index contributed by atoms with van der Waals surface area (Å²) in [4.78, 5) is 11.4. The number of ether oxygens (including phenoxy) is 1. The molecule has 4 bridgehead atoms. The largest absolute Gasteiger partial charge is 0.365 e. The van der Waals surface area contributed by atoms with Crippen molar-refractivity contribution in [1.82, 2.24) is 5.43 Å². The molecule has 96 valence electrons. The molecule has 1 atom stereocenters. The maximum absolute atomic E-state index is 11.4. The van der Waals surface area contributed by atoms with Gasteiger partial charge in [-0.15, -0.1) is 0 Å². The van der Waals surface area contributed by atoms with Gasteiger partial charge in [0.15, 0.2) is 0 Å². The number of carbonyl (C=O) groups excluding carboxylic acids is 1. The lowest BCUT2D eigenvalue weighted by molar-refractivity contribution is -0.162. The highest BCUT2D eigenvalue weighted by atomic mass is 16.5. The fourth-order valence-corrected chi connectivity index (χ4v) is 4.51. The van der Waals surface area contributed by atoms with Crippen LogP contribution in [-0.4, -0.2) is 18.1 Å². The van der Waals surface area contributed by atoms with Gasteiger partial charge in [0, 0.05) is 0 Å². The molecule has 0 aliphatic heterocycles. The van der Waals surface area contributed by atoms with Gasteiger partial charge in [-0.1, -0.05) is 0 Å². The van der Waals surface area contributed by atoms with E-state index in [1.807, 2.05) is 0 Å². The van der Waals surface area contributed by atoms with E-state index in [2.05, 4.69) is 5.43 Å². The Balaban J connectivity index is 1.66. The smallest absolute Gasteiger partial charge is 0.262 e. The van der Waals surface area contributed by atoms with Crippen LogP contribution in [0.3, 0.4) is 0 Å². The van der Waals surface area contributed by atoms with Crippen molar-refractivity contribution in [2.75, 3.05) is 0 Å². The second-order valence-corrected chi connectivity index (χ2v) is 6.18. The van der Waals surface area contributed by atoms with Gasteiger partial charge in [-0.3, -0.25) is 10.2 Å². The van der Waals surface area contributed by atoms with Crippen LogP contribution in [0.25, 0.3) is 0 Å². The molecule has 4 saturated carbocycles. The summed E-state index contributed by atoms with van der Waals surface area (Å²) in [5.74, 6) is 8.20. The van der Waals surface area contributed by atoms with E-state index in [1.54, 1.807) is 6.92 Å². The molecule has 4 fully saturated rings. The zero-order valence-electron chi connectivity index (χ0n) is 10.4. The number of rotatable bonds is 3. The van der Waals surface area contributed by atoms with Gasteiger partial charge in [0.2, 0.25) is 0 Å². The molecule has 4 rings (SSSR count). The minimum Gasteiger partial charge on any atom is -0.365 e. The first kappa shape index (κ1) is 11.5. The monoisotopic (exact) mass is 238 g/mol. The van der Waals surface area contributed by atoms with Crippen molar-refractivity contribution in [3.63, 3.8) is 0 Å². The SMILES string of the molecule is CC(OC1C2CC3CC(C2)CC1C3)C(=O)NN. The van der Waals surface area contributed by atoms with Crippen molar-refractivity contribution < 1.29 is 9.53 Å². The van der Waals surface area contributed by atoms with E-state index in [4.69, 9.17) is 10.6 Å². The topological polar surface area (TPSA) is 64.3 Å². The van der Waals surface area contributed by atoms with Crippen molar-refractivity contribution in [2.45, 2.75) is 51.2 Å². The molecule has 0 spiro atoms. The highest BCUT2D eigenvalue weighted by molar-refractivity contribution is 5.79. The molecular formula is C13H22N2O2. The van der Waals surface area contributed by atoms with E-state index in [0.29, 0.717) is 17.9 Å².